The first-order chi connectivity index (χ1) is 17.1. The first-order valence-electron chi connectivity index (χ1n) is 11.5. The van der Waals surface area contributed by atoms with Gasteiger partial charge >= 0.3 is 5.97 Å². The first-order valence-corrected chi connectivity index (χ1v) is 11.5. The zero-order valence-corrected chi connectivity index (χ0v) is 19.5. The average molecular weight is 470 g/mol. The second-order valence-electron chi connectivity index (χ2n) is 8.08. The summed E-state index contributed by atoms with van der Waals surface area (Å²) < 4.78 is 5.11. The molecule has 0 saturated carbocycles. The third kappa shape index (κ3) is 6.83. The Morgan fingerprint density at radius 2 is 1.54 bits per heavy atom. The lowest BCUT2D eigenvalue weighted by Gasteiger charge is -2.17. The second kappa shape index (κ2) is 11.7. The molecule has 0 bridgehead atoms. The van der Waals surface area contributed by atoms with Crippen LogP contribution in [-0.2, 0) is 22.5 Å². The number of amides is 1. The van der Waals surface area contributed by atoms with Crippen molar-refractivity contribution in [3.63, 3.8) is 0 Å². The smallest absolute Gasteiger partial charge is 0.307 e. The van der Waals surface area contributed by atoms with Crippen molar-refractivity contribution >= 4 is 11.9 Å². The zero-order valence-electron chi connectivity index (χ0n) is 19.5. The maximum Gasteiger partial charge on any atom is 0.307 e. The highest BCUT2D eigenvalue weighted by molar-refractivity contribution is 5.90. The Hall–Kier alpha value is -4.33. The van der Waals surface area contributed by atoms with Crippen LogP contribution in [0.25, 0.3) is 11.1 Å². The largest absolute Gasteiger partial charge is 0.466 e. The Balaban J connectivity index is 1.43. The summed E-state index contributed by atoms with van der Waals surface area (Å²) in [6.07, 6.45) is 0.496. The number of tetrazole rings is 1. The van der Waals surface area contributed by atoms with Crippen molar-refractivity contribution in [1.82, 2.24) is 25.5 Å². The molecule has 8 nitrogen and oxygen atoms in total. The van der Waals surface area contributed by atoms with E-state index in [2.05, 4.69) is 32.9 Å². The quantitative estimate of drug-likeness (QED) is 0.356. The van der Waals surface area contributed by atoms with Crippen molar-refractivity contribution in [2.45, 2.75) is 32.4 Å². The van der Waals surface area contributed by atoms with Crippen LogP contribution in [0.4, 0.5) is 0 Å². The first kappa shape index (κ1) is 23.8. The Bertz CT molecular complexity index is 1240. The Kier molecular flexibility index (Phi) is 7.96. The summed E-state index contributed by atoms with van der Waals surface area (Å²) >= 11 is 0. The van der Waals surface area contributed by atoms with Crippen LogP contribution in [0.3, 0.4) is 0 Å². The minimum absolute atomic E-state index is 0.0399. The molecule has 4 aromatic rings. The van der Waals surface area contributed by atoms with Crippen molar-refractivity contribution in [3.8, 4) is 11.1 Å². The predicted molar refractivity (Wildman–Crippen MR) is 131 cm³/mol. The number of carbonyl (C=O) groups is 2. The van der Waals surface area contributed by atoms with E-state index in [-0.39, 0.29) is 24.8 Å². The van der Waals surface area contributed by atoms with Gasteiger partial charge in [-0.1, -0.05) is 84.9 Å². The van der Waals surface area contributed by atoms with Crippen LogP contribution in [0.5, 0.6) is 0 Å². The van der Waals surface area contributed by atoms with Gasteiger partial charge in [0.2, 0.25) is 0 Å². The van der Waals surface area contributed by atoms with Crippen LogP contribution in [-0.4, -0.2) is 44.7 Å². The SMILES string of the molecule is CCOC(=O)CC(Cc1ccc(-c2ccccc2)cc1)NC(=O)c1nnn(Cc2ccccc2)n1. The number of aromatic nitrogens is 4. The van der Waals surface area contributed by atoms with Gasteiger partial charge in [-0.3, -0.25) is 9.59 Å². The summed E-state index contributed by atoms with van der Waals surface area (Å²) in [6.45, 7) is 2.44. The standard InChI is InChI=1S/C27H27N5O3/c1-2-35-25(33)18-24(17-20-13-15-23(16-14-20)22-11-7-4-8-12-22)28-27(34)26-29-31-32(30-26)19-21-9-5-3-6-10-21/h3-16,24H,2,17-19H2,1H3,(H,28,34). The van der Waals surface area contributed by atoms with E-state index in [0.717, 1.165) is 22.3 Å². The third-order valence-corrected chi connectivity index (χ3v) is 5.42. The van der Waals surface area contributed by atoms with Crippen LogP contribution >= 0.6 is 0 Å². The molecule has 0 aliphatic heterocycles. The molecule has 178 valence electrons. The van der Waals surface area contributed by atoms with Gasteiger partial charge in [0.15, 0.2) is 0 Å². The normalized spacial score (nSPS) is 11.6. The molecule has 3 aromatic carbocycles. The third-order valence-electron chi connectivity index (χ3n) is 5.42. The summed E-state index contributed by atoms with van der Waals surface area (Å²) in [6, 6.07) is 27.3. The second-order valence-corrected chi connectivity index (χ2v) is 8.08. The molecular formula is C27H27N5O3. The van der Waals surface area contributed by atoms with Gasteiger partial charge < -0.3 is 10.1 Å². The van der Waals surface area contributed by atoms with Crippen LogP contribution < -0.4 is 5.32 Å². The molecule has 4 rings (SSSR count). The number of nitrogens with one attached hydrogen (secondary N) is 1. The number of benzene rings is 3. The fourth-order valence-electron chi connectivity index (χ4n) is 3.74. The highest BCUT2D eigenvalue weighted by Crippen LogP contribution is 2.20. The monoisotopic (exact) mass is 469 g/mol. The minimum atomic E-state index is -0.487. The summed E-state index contributed by atoms with van der Waals surface area (Å²) in [5.41, 5.74) is 4.20. The molecule has 0 aliphatic rings. The lowest BCUT2D eigenvalue weighted by atomic mass is 9.99. The molecule has 0 aliphatic carbocycles. The summed E-state index contributed by atoms with van der Waals surface area (Å²) in [5.74, 6) is -0.909. The molecule has 1 aromatic heterocycles. The van der Waals surface area contributed by atoms with Crippen molar-refractivity contribution in [2.24, 2.45) is 0 Å². The average Bonchev–Trinajstić information content (AvgIpc) is 3.34. The van der Waals surface area contributed by atoms with Crippen LogP contribution in [0, 0.1) is 0 Å². The number of ether oxygens (including phenoxy) is 1. The maximum atomic E-state index is 12.8. The molecule has 1 N–H and O–H groups in total. The van der Waals surface area contributed by atoms with Crippen molar-refractivity contribution in [2.75, 3.05) is 6.61 Å². The van der Waals surface area contributed by atoms with Crippen LogP contribution in [0.2, 0.25) is 0 Å². The lowest BCUT2D eigenvalue weighted by molar-refractivity contribution is -0.143. The molecule has 35 heavy (non-hydrogen) atoms. The lowest BCUT2D eigenvalue weighted by Crippen LogP contribution is -2.39. The van der Waals surface area contributed by atoms with Crippen LogP contribution in [0.15, 0.2) is 84.9 Å². The number of carbonyl (C=O) groups excluding carboxylic acids is 2. The van der Waals surface area contributed by atoms with E-state index in [1.807, 2.05) is 72.8 Å². The zero-order chi connectivity index (χ0) is 24.5. The van der Waals surface area contributed by atoms with Gasteiger partial charge in [0, 0.05) is 6.04 Å². The summed E-state index contributed by atoms with van der Waals surface area (Å²) in [4.78, 5) is 26.4. The topological polar surface area (TPSA) is 99.0 Å². The highest BCUT2D eigenvalue weighted by Gasteiger charge is 2.21. The van der Waals surface area contributed by atoms with Gasteiger partial charge in [-0.2, -0.15) is 4.80 Å². The molecule has 0 radical (unpaired) electrons. The van der Waals surface area contributed by atoms with Gasteiger partial charge in [0.1, 0.15) is 0 Å². The van der Waals surface area contributed by atoms with E-state index >= 15 is 0 Å². The Labute approximate surface area is 203 Å². The van der Waals surface area contributed by atoms with Gasteiger partial charge in [0.25, 0.3) is 11.7 Å². The molecule has 8 heteroatoms. The molecule has 0 saturated heterocycles. The molecule has 0 fully saturated rings. The number of nitrogens with zero attached hydrogens (tertiary/aromatic N) is 4. The molecule has 0 spiro atoms. The molecule has 1 heterocycles. The highest BCUT2D eigenvalue weighted by atomic mass is 16.5. The van der Waals surface area contributed by atoms with Gasteiger partial charge in [-0.05, 0) is 40.8 Å². The van der Waals surface area contributed by atoms with Gasteiger partial charge in [0.05, 0.1) is 19.6 Å². The molecule has 1 amide bonds. The summed E-state index contributed by atoms with van der Waals surface area (Å²) in [5, 5.41) is 14.9. The molecular weight excluding hydrogens is 442 g/mol. The van der Waals surface area contributed by atoms with Crippen molar-refractivity contribution in [3.05, 3.63) is 102 Å². The number of rotatable bonds is 10. The number of esters is 1. The minimum Gasteiger partial charge on any atom is -0.466 e. The number of hydrogen-bond acceptors (Lipinski definition) is 6. The van der Waals surface area contributed by atoms with E-state index in [1.54, 1.807) is 6.92 Å². The number of hydrogen-bond donors (Lipinski definition) is 1. The van der Waals surface area contributed by atoms with E-state index in [1.165, 1.54) is 4.80 Å². The molecule has 1 atom stereocenters. The fraction of sp³-hybridized carbons (Fsp3) is 0.222. The predicted octanol–water partition coefficient (Wildman–Crippen LogP) is 3.68. The fourth-order valence-corrected chi connectivity index (χ4v) is 3.74. The van der Waals surface area contributed by atoms with E-state index < -0.39 is 11.9 Å². The van der Waals surface area contributed by atoms with E-state index in [0.29, 0.717) is 13.0 Å². The van der Waals surface area contributed by atoms with Crippen molar-refractivity contribution in [1.29, 1.82) is 0 Å². The van der Waals surface area contributed by atoms with Gasteiger partial charge in [-0.25, -0.2) is 0 Å². The maximum absolute atomic E-state index is 12.8. The van der Waals surface area contributed by atoms with Crippen LogP contribution in [0.1, 0.15) is 35.1 Å². The summed E-state index contributed by atoms with van der Waals surface area (Å²) in [7, 11) is 0. The molecule has 1 unspecified atom stereocenters. The van der Waals surface area contributed by atoms with E-state index in [4.69, 9.17) is 4.74 Å². The van der Waals surface area contributed by atoms with E-state index in [9.17, 15) is 9.59 Å². The Morgan fingerprint density at radius 1 is 0.886 bits per heavy atom. The van der Waals surface area contributed by atoms with Crippen molar-refractivity contribution < 1.29 is 14.3 Å². The Morgan fingerprint density at radius 3 is 2.23 bits per heavy atom. The van der Waals surface area contributed by atoms with Gasteiger partial charge in [-0.15, -0.1) is 10.2 Å².